The van der Waals surface area contributed by atoms with E-state index in [1.165, 1.54) is 0 Å². The van der Waals surface area contributed by atoms with E-state index in [0.717, 1.165) is 25.9 Å². The van der Waals surface area contributed by atoms with Crippen molar-refractivity contribution in [1.29, 1.82) is 0 Å². The van der Waals surface area contributed by atoms with Crippen molar-refractivity contribution in [2.75, 3.05) is 19.0 Å². The van der Waals surface area contributed by atoms with E-state index in [4.69, 9.17) is 4.74 Å². The van der Waals surface area contributed by atoms with Crippen LogP contribution in [0.25, 0.3) is 0 Å². The van der Waals surface area contributed by atoms with Crippen molar-refractivity contribution in [3.8, 4) is 5.75 Å². The molecule has 0 saturated heterocycles. The minimum absolute atomic E-state index is 0.440. The van der Waals surface area contributed by atoms with E-state index in [9.17, 15) is 5.11 Å². The van der Waals surface area contributed by atoms with Crippen LogP contribution in [-0.4, -0.2) is 18.8 Å². The molecule has 0 aliphatic heterocycles. The Kier molecular flexibility index (Phi) is 5.46. The normalized spacial score (nSPS) is 12.0. The van der Waals surface area contributed by atoms with Gasteiger partial charge in [-0.1, -0.05) is 28.1 Å². The highest BCUT2D eigenvalue weighted by Crippen LogP contribution is 2.28. The number of anilines is 1. The maximum Gasteiger partial charge on any atom is 0.133 e. The van der Waals surface area contributed by atoms with Crippen molar-refractivity contribution in [3.05, 3.63) is 57.0 Å². The summed E-state index contributed by atoms with van der Waals surface area (Å²) < 4.78 is 7.02. The number of hydrogen-bond acceptors (Lipinski definition) is 3. The molecule has 0 bridgehead atoms. The summed E-state index contributed by atoms with van der Waals surface area (Å²) in [4.78, 5) is 0. The van der Waals surface area contributed by atoms with E-state index < -0.39 is 6.10 Å². The second-order valence-corrected chi connectivity index (χ2v) is 6.07. The molecule has 0 heterocycles. The minimum atomic E-state index is -0.562. The molecule has 0 aliphatic carbocycles. The second-order valence-electron chi connectivity index (χ2n) is 4.30. The van der Waals surface area contributed by atoms with E-state index in [1.54, 1.807) is 7.11 Å². The van der Waals surface area contributed by atoms with Gasteiger partial charge in [0.1, 0.15) is 5.75 Å². The first kappa shape index (κ1) is 15.4. The summed E-state index contributed by atoms with van der Waals surface area (Å²) in [5.41, 5.74) is 1.80. The van der Waals surface area contributed by atoms with Crippen LogP contribution in [0.15, 0.2) is 51.4 Å². The Morgan fingerprint density at radius 2 is 2.00 bits per heavy atom. The third-order valence-electron chi connectivity index (χ3n) is 2.88. The highest BCUT2D eigenvalue weighted by atomic mass is 79.9. The number of nitrogens with one attached hydrogen (secondary N) is 1. The van der Waals surface area contributed by atoms with E-state index in [0.29, 0.717) is 6.54 Å². The quantitative estimate of drug-likeness (QED) is 0.783. The summed E-state index contributed by atoms with van der Waals surface area (Å²) in [5.74, 6) is 0.781. The van der Waals surface area contributed by atoms with Gasteiger partial charge in [0.05, 0.1) is 17.7 Å². The SMILES string of the molecule is COc1ccc(NCC(O)c2cccc(Br)c2)cc1Br. The van der Waals surface area contributed by atoms with Crippen LogP contribution in [0.3, 0.4) is 0 Å². The molecule has 0 aromatic heterocycles. The van der Waals surface area contributed by atoms with Crippen molar-refractivity contribution >= 4 is 37.5 Å². The number of methoxy groups -OCH3 is 1. The molecule has 5 heteroatoms. The summed E-state index contributed by atoms with van der Waals surface area (Å²) >= 11 is 6.84. The first-order valence-electron chi connectivity index (χ1n) is 6.11. The van der Waals surface area contributed by atoms with Gasteiger partial charge < -0.3 is 15.2 Å². The molecule has 2 aromatic rings. The maximum atomic E-state index is 10.2. The second kappa shape index (κ2) is 7.11. The van der Waals surface area contributed by atoms with Crippen LogP contribution < -0.4 is 10.1 Å². The molecule has 0 amide bonds. The fraction of sp³-hybridized carbons (Fsp3) is 0.200. The van der Waals surface area contributed by atoms with Crippen LogP contribution in [0.2, 0.25) is 0 Å². The fourth-order valence-corrected chi connectivity index (χ4v) is 2.78. The first-order valence-corrected chi connectivity index (χ1v) is 7.69. The number of benzene rings is 2. The molecule has 0 spiro atoms. The monoisotopic (exact) mass is 399 g/mol. The van der Waals surface area contributed by atoms with Crippen molar-refractivity contribution in [1.82, 2.24) is 0 Å². The molecule has 2 N–H and O–H groups in total. The van der Waals surface area contributed by atoms with Crippen LogP contribution >= 0.6 is 31.9 Å². The lowest BCUT2D eigenvalue weighted by molar-refractivity contribution is 0.191. The Hall–Kier alpha value is -1.04. The van der Waals surface area contributed by atoms with Gasteiger partial charge >= 0.3 is 0 Å². The number of halogens is 2. The molecular formula is C15H15Br2NO2. The Morgan fingerprint density at radius 3 is 2.65 bits per heavy atom. The van der Waals surface area contributed by atoms with Crippen LogP contribution in [0, 0.1) is 0 Å². The van der Waals surface area contributed by atoms with Crippen LogP contribution in [0.1, 0.15) is 11.7 Å². The zero-order valence-electron chi connectivity index (χ0n) is 10.9. The molecule has 0 radical (unpaired) electrons. The van der Waals surface area contributed by atoms with Gasteiger partial charge in [-0.05, 0) is 51.8 Å². The van der Waals surface area contributed by atoms with Gasteiger partial charge in [-0.3, -0.25) is 0 Å². The Labute approximate surface area is 135 Å². The lowest BCUT2D eigenvalue weighted by Gasteiger charge is -2.14. The molecule has 0 aliphatic rings. The Morgan fingerprint density at radius 1 is 1.20 bits per heavy atom. The smallest absolute Gasteiger partial charge is 0.133 e. The zero-order valence-corrected chi connectivity index (χ0v) is 14.1. The summed E-state index contributed by atoms with van der Waals surface area (Å²) in [7, 11) is 1.63. The molecule has 0 fully saturated rings. The molecule has 3 nitrogen and oxygen atoms in total. The summed E-state index contributed by atoms with van der Waals surface area (Å²) in [6.45, 7) is 0.440. The summed E-state index contributed by atoms with van der Waals surface area (Å²) in [6, 6.07) is 13.4. The predicted octanol–water partition coefficient (Wildman–Crippen LogP) is 4.37. The van der Waals surface area contributed by atoms with Crippen molar-refractivity contribution in [2.24, 2.45) is 0 Å². The van der Waals surface area contributed by atoms with Crippen LogP contribution in [-0.2, 0) is 0 Å². The van der Waals surface area contributed by atoms with Crippen LogP contribution in [0.4, 0.5) is 5.69 Å². The van der Waals surface area contributed by atoms with Gasteiger partial charge in [0.15, 0.2) is 0 Å². The zero-order chi connectivity index (χ0) is 14.5. The Balaban J connectivity index is 1.99. The number of aliphatic hydroxyl groups is 1. The third-order valence-corrected chi connectivity index (χ3v) is 4.00. The number of aliphatic hydroxyl groups excluding tert-OH is 1. The van der Waals surface area contributed by atoms with Crippen molar-refractivity contribution in [3.63, 3.8) is 0 Å². The van der Waals surface area contributed by atoms with Gasteiger partial charge in [0.25, 0.3) is 0 Å². The van der Waals surface area contributed by atoms with Gasteiger partial charge in [0, 0.05) is 16.7 Å². The first-order chi connectivity index (χ1) is 9.60. The lowest BCUT2D eigenvalue weighted by Crippen LogP contribution is -2.12. The highest BCUT2D eigenvalue weighted by molar-refractivity contribution is 9.10. The lowest BCUT2D eigenvalue weighted by atomic mass is 10.1. The highest BCUT2D eigenvalue weighted by Gasteiger charge is 2.08. The largest absolute Gasteiger partial charge is 0.496 e. The van der Waals surface area contributed by atoms with E-state index in [-0.39, 0.29) is 0 Å². The van der Waals surface area contributed by atoms with E-state index in [1.807, 2.05) is 42.5 Å². The third kappa shape index (κ3) is 3.98. The molecule has 0 saturated carbocycles. The standard InChI is InChI=1S/C15H15Br2NO2/c1-20-15-6-5-12(8-13(15)17)18-9-14(19)10-3-2-4-11(16)7-10/h2-8,14,18-19H,9H2,1H3. The van der Waals surface area contributed by atoms with E-state index in [2.05, 4.69) is 37.2 Å². The molecule has 1 atom stereocenters. The average molecular weight is 401 g/mol. The molecule has 1 unspecified atom stereocenters. The molecule has 106 valence electrons. The Bertz CT molecular complexity index is 590. The van der Waals surface area contributed by atoms with Gasteiger partial charge in [-0.15, -0.1) is 0 Å². The number of rotatable bonds is 5. The summed E-state index contributed by atoms with van der Waals surface area (Å²) in [6.07, 6.45) is -0.562. The summed E-state index contributed by atoms with van der Waals surface area (Å²) in [5, 5.41) is 13.4. The molecule has 2 aromatic carbocycles. The maximum absolute atomic E-state index is 10.2. The predicted molar refractivity (Wildman–Crippen MR) is 88.3 cm³/mol. The fourth-order valence-electron chi connectivity index (χ4n) is 1.82. The molecule has 20 heavy (non-hydrogen) atoms. The van der Waals surface area contributed by atoms with Crippen molar-refractivity contribution in [2.45, 2.75) is 6.10 Å². The molecule has 2 rings (SSSR count). The number of hydrogen-bond donors (Lipinski definition) is 2. The van der Waals surface area contributed by atoms with Crippen molar-refractivity contribution < 1.29 is 9.84 Å². The van der Waals surface area contributed by atoms with Gasteiger partial charge in [0.2, 0.25) is 0 Å². The van der Waals surface area contributed by atoms with E-state index >= 15 is 0 Å². The van der Waals surface area contributed by atoms with Gasteiger partial charge in [-0.25, -0.2) is 0 Å². The van der Waals surface area contributed by atoms with Gasteiger partial charge in [-0.2, -0.15) is 0 Å². The average Bonchev–Trinajstić information content (AvgIpc) is 2.45. The van der Waals surface area contributed by atoms with Crippen LogP contribution in [0.5, 0.6) is 5.75 Å². The molecular weight excluding hydrogens is 386 g/mol. The minimum Gasteiger partial charge on any atom is -0.496 e. The number of ether oxygens (including phenoxy) is 1. The topological polar surface area (TPSA) is 41.5 Å².